The molecule has 7 heteroatoms. The van der Waals surface area contributed by atoms with Gasteiger partial charge in [-0.15, -0.1) is 0 Å². The van der Waals surface area contributed by atoms with Crippen molar-refractivity contribution in [1.82, 2.24) is 4.57 Å². The standard InChI is InChI=1S/C21H18Cl2N2O3/c1-12(20(24)27)25-10-9-14-15(3-2-4-16(14)21(25)28)19(26)8-6-13-5-7-17(22)18(23)11-13/h2-5,7,9-12H,6,8H2,1H3,(H2,24,27)/t12-/m0/s1. The number of nitrogens with two attached hydrogens (primary N) is 1. The summed E-state index contributed by atoms with van der Waals surface area (Å²) in [5.41, 5.74) is 6.31. The Labute approximate surface area is 171 Å². The fourth-order valence-electron chi connectivity index (χ4n) is 3.07. The van der Waals surface area contributed by atoms with E-state index in [9.17, 15) is 14.4 Å². The van der Waals surface area contributed by atoms with Crippen LogP contribution < -0.4 is 11.3 Å². The number of hydrogen-bond acceptors (Lipinski definition) is 3. The molecule has 5 nitrogen and oxygen atoms in total. The summed E-state index contributed by atoms with van der Waals surface area (Å²) in [5, 5.41) is 1.84. The molecule has 0 fully saturated rings. The number of ketones is 1. The molecule has 1 aromatic heterocycles. The zero-order valence-corrected chi connectivity index (χ0v) is 16.6. The number of nitrogens with zero attached hydrogens (tertiary/aromatic N) is 1. The van der Waals surface area contributed by atoms with Crippen LogP contribution in [0.25, 0.3) is 10.8 Å². The zero-order chi connectivity index (χ0) is 20.4. The number of primary amides is 1. The maximum atomic E-state index is 12.8. The molecule has 3 rings (SSSR count). The predicted octanol–water partition coefficient (Wildman–Crippen LogP) is 4.17. The van der Waals surface area contributed by atoms with Crippen LogP contribution >= 0.6 is 23.2 Å². The summed E-state index contributed by atoms with van der Waals surface area (Å²) in [5.74, 6) is -0.688. The Balaban J connectivity index is 1.91. The van der Waals surface area contributed by atoms with Crippen molar-refractivity contribution in [2.24, 2.45) is 5.73 Å². The second-order valence-electron chi connectivity index (χ2n) is 6.54. The number of aromatic nitrogens is 1. The minimum atomic E-state index is -0.772. The van der Waals surface area contributed by atoms with Gasteiger partial charge in [-0.2, -0.15) is 0 Å². The SMILES string of the molecule is C[C@@H](C(N)=O)n1ccc2c(C(=O)CCc3ccc(Cl)c(Cl)c3)cccc2c1=O. The van der Waals surface area contributed by atoms with E-state index in [4.69, 9.17) is 28.9 Å². The first kappa shape index (κ1) is 20.1. The second kappa shape index (κ2) is 8.17. The molecule has 28 heavy (non-hydrogen) atoms. The highest BCUT2D eigenvalue weighted by Crippen LogP contribution is 2.24. The summed E-state index contributed by atoms with van der Waals surface area (Å²) in [6.45, 7) is 1.56. The van der Waals surface area contributed by atoms with Gasteiger partial charge < -0.3 is 10.3 Å². The lowest BCUT2D eigenvalue weighted by molar-refractivity contribution is -0.120. The van der Waals surface area contributed by atoms with E-state index in [-0.39, 0.29) is 17.8 Å². The highest BCUT2D eigenvalue weighted by Gasteiger charge is 2.17. The third-order valence-corrected chi connectivity index (χ3v) is 5.47. The molecular weight excluding hydrogens is 399 g/mol. The van der Waals surface area contributed by atoms with Gasteiger partial charge in [0.15, 0.2) is 5.78 Å². The molecule has 0 spiro atoms. The van der Waals surface area contributed by atoms with Crippen LogP contribution in [-0.4, -0.2) is 16.3 Å². The van der Waals surface area contributed by atoms with Crippen molar-refractivity contribution < 1.29 is 9.59 Å². The van der Waals surface area contributed by atoms with Gasteiger partial charge in [0.1, 0.15) is 6.04 Å². The average molecular weight is 417 g/mol. The van der Waals surface area contributed by atoms with Crippen molar-refractivity contribution in [2.75, 3.05) is 0 Å². The van der Waals surface area contributed by atoms with Gasteiger partial charge in [-0.3, -0.25) is 14.4 Å². The number of benzene rings is 2. The van der Waals surface area contributed by atoms with E-state index in [1.54, 1.807) is 43.3 Å². The minimum Gasteiger partial charge on any atom is -0.368 e. The molecule has 144 valence electrons. The summed E-state index contributed by atoms with van der Waals surface area (Å²) in [4.78, 5) is 36.9. The third-order valence-electron chi connectivity index (χ3n) is 4.73. The van der Waals surface area contributed by atoms with Gasteiger partial charge in [0.2, 0.25) is 5.91 Å². The quantitative estimate of drug-likeness (QED) is 0.612. The number of halogens is 2. The van der Waals surface area contributed by atoms with E-state index < -0.39 is 11.9 Å². The van der Waals surface area contributed by atoms with Crippen LogP contribution in [0.5, 0.6) is 0 Å². The number of Topliss-reactive ketones (excluding diaryl/α,β-unsaturated/α-hetero) is 1. The molecule has 0 radical (unpaired) electrons. The summed E-state index contributed by atoms with van der Waals surface area (Å²) in [6.07, 6.45) is 2.26. The Morgan fingerprint density at radius 3 is 2.50 bits per heavy atom. The van der Waals surface area contributed by atoms with E-state index >= 15 is 0 Å². The zero-order valence-electron chi connectivity index (χ0n) is 15.1. The first-order valence-corrected chi connectivity index (χ1v) is 9.45. The minimum absolute atomic E-state index is 0.0863. The van der Waals surface area contributed by atoms with Gasteiger partial charge in [0.25, 0.3) is 5.56 Å². The van der Waals surface area contributed by atoms with E-state index in [1.165, 1.54) is 10.8 Å². The van der Waals surface area contributed by atoms with Crippen LogP contribution in [0.4, 0.5) is 0 Å². The molecular formula is C21H18Cl2N2O3. The molecule has 2 N–H and O–H groups in total. The van der Waals surface area contributed by atoms with Crippen LogP contribution in [0.15, 0.2) is 53.5 Å². The number of fused-ring (bicyclic) bond motifs is 1. The van der Waals surface area contributed by atoms with Crippen molar-refractivity contribution in [3.05, 3.63) is 80.2 Å². The van der Waals surface area contributed by atoms with Crippen LogP contribution in [0.2, 0.25) is 10.0 Å². The van der Waals surface area contributed by atoms with Crippen LogP contribution in [0, 0.1) is 0 Å². The monoisotopic (exact) mass is 416 g/mol. The normalized spacial score (nSPS) is 12.1. The topological polar surface area (TPSA) is 82.2 Å². The largest absolute Gasteiger partial charge is 0.368 e. The van der Waals surface area contributed by atoms with Crippen LogP contribution in [-0.2, 0) is 11.2 Å². The number of hydrogen-bond donors (Lipinski definition) is 1. The first-order valence-electron chi connectivity index (χ1n) is 8.70. The molecule has 0 aliphatic heterocycles. The van der Waals surface area contributed by atoms with Crippen molar-refractivity contribution in [2.45, 2.75) is 25.8 Å². The molecule has 1 heterocycles. The maximum Gasteiger partial charge on any atom is 0.259 e. The first-order chi connectivity index (χ1) is 13.3. The summed E-state index contributed by atoms with van der Waals surface area (Å²) < 4.78 is 1.27. The van der Waals surface area contributed by atoms with Gasteiger partial charge in [0, 0.05) is 23.6 Å². The van der Waals surface area contributed by atoms with Gasteiger partial charge in [-0.05, 0) is 48.6 Å². The summed E-state index contributed by atoms with van der Waals surface area (Å²) >= 11 is 11.9. The number of aryl methyl sites for hydroxylation is 1. The van der Waals surface area contributed by atoms with Gasteiger partial charge in [0.05, 0.1) is 10.0 Å². The second-order valence-corrected chi connectivity index (χ2v) is 7.36. The maximum absolute atomic E-state index is 12.8. The molecule has 0 aliphatic rings. The number of pyridine rings is 1. The van der Waals surface area contributed by atoms with Crippen molar-refractivity contribution in [1.29, 1.82) is 0 Å². The lowest BCUT2D eigenvalue weighted by Crippen LogP contribution is -2.31. The molecule has 3 aromatic rings. The lowest BCUT2D eigenvalue weighted by Gasteiger charge is -2.13. The molecule has 0 saturated carbocycles. The van der Waals surface area contributed by atoms with Crippen LogP contribution in [0.3, 0.4) is 0 Å². The number of carbonyl (C=O) groups is 2. The number of amides is 1. The summed E-state index contributed by atoms with van der Waals surface area (Å²) in [7, 11) is 0. The van der Waals surface area contributed by atoms with E-state index in [2.05, 4.69) is 0 Å². The molecule has 0 unspecified atom stereocenters. The molecule has 1 amide bonds. The Morgan fingerprint density at radius 2 is 1.82 bits per heavy atom. The average Bonchev–Trinajstić information content (AvgIpc) is 2.68. The van der Waals surface area contributed by atoms with E-state index in [1.807, 2.05) is 6.07 Å². The third kappa shape index (κ3) is 3.96. The predicted molar refractivity (Wildman–Crippen MR) is 111 cm³/mol. The summed E-state index contributed by atoms with van der Waals surface area (Å²) in [6, 6.07) is 11.2. The van der Waals surface area contributed by atoms with Gasteiger partial charge in [-0.1, -0.05) is 41.4 Å². The Morgan fingerprint density at radius 1 is 1.07 bits per heavy atom. The van der Waals surface area contributed by atoms with Crippen LogP contribution in [0.1, 0.15) is 35.3 Å². The number of rotatable bonds is 6. The van der Waals surface area contributed by atoms with Crippen molar-refractivity contribution in [3.8, 4) is 0 Å². The fourth-order valence-corrected chi connectivity index (χ4v) is 3.39. The van der Waals surface area contributed by atoms with Crippen molar-refractivity contribution >= 4 is 45.7 Å². The lowest BCUT2D eigenvalue weighted by atomic mass is 9.98. The van der Waals surface area contributed by atoms with Gasteiger partial charge >= 0.3 is 0 Å². The Bertz CT molecular complexity index is 1140. The van der Waals surface area contributed by atoms with Crippen molar-refractivity contribution in [3.63, 3.8) is 0 Å². The number of carbonyl (C=O) groups excluding carboxylic acids is 2. The Hall–Kier alpha value is -2.63. The molecule has 2 aromatic carbocycles. The van der Waals surface area contributed by atoms with E-state index in [0.29, 0.717) is 32.8 Å². The Kier molecular flexibility index (Phi) is 5.87. The fraction of sp³-hybridized carbons (Fsp3) is 0.190. The highest BCUT2D eigenvalue weighted by molar-refractivity contribution is 6.42. The molecule has 0 bridgehead atoms. The van der Waals surface area contributed by atoms with E-state index in [0.717, 1.165) is 5.56 Å². The molecule has 1 atom stereocenters. The molecule has 0 aliphatic carbocycles. The van der Waals surface area contributed by atoms with Gasteiger partial charge in [-0.25, -0.2) is 0 Å². The molecule has 0 saturated heterocycles. The highest BCUT2D eigenvalue weighted by atomic mass is 35.5. The smallest absolute Gasteiger partial charge is 0.259 e.